The van der Waals surface area contributed by atoms with E-state index in [0.29, 0.717) is 22.9 Å². The molecule has 28 heavy (non-hydrogen) atoms. The van der Waals surface area contributed by atoms with Crippen molar-refractivity contribution >= 4 is 11.6 Å². The number of carbonyl (C=O) groups is 1. The Balaban J connectivity index is 1.88. The maximum Gasteiger partial charge on any atom is 0.251 e. The minimum Gasteiger partial charge on any atom is -0.425 e. The third-order valence-corrected chi connectivity index (χ3v) is 5.02. The second-order valence-corrected chi connectivity index (χ2v) is 6.73. The highest BCUT2D eigenvalue weighted by Crippen LogP contribution is 2.48. The number of nitrogens with two attached hydrogens (primary N) is 1. The summed E-state index contributed by atoms with van der Waals surface area (Å²) < 4.78 is 19.1. The van der Waals surface area contributed by atoms with Gasteiger partial charge in [-0.05, 0) is 29.8 Å². The predicted molar refractivity (Wildman–Crippen MR) is 101 cm³/mol. The second kappa shape index (κ2) is 7.05. The molecule has 1 amide bonds. The van der Waals surface area contributed by atoms with Gasteiger partial charge in [-0.1, -0.05) is 18.2 Å². The van der Waals surface area contributed by atoms with Gasteiger partial charge in [0.2, 0.25) is 11.8 Å². The van der Waals surface area contributed by atoms with E-state index in [0.717, 1.165) is 11.3 Å². The summed E-state index contributed by atoms with van der Waals surface area (Å²) in [7, 11) is 1.57. The number of anilines is 1. The van der Waals surface area contributed by atoms with Crippen LogP contribution in [0.4, 0.5) is 10.1 Å². The third-order valence-electron chi connectivity index (χ3n) is 5.02. The van der Waals surface area contributed by atoms with Gasteiger partial charge in [0.1, 0.15) is 5.82 Å². The first-order valence-corrected chi connectivity index (χ1v) is 8.92. The van der Waals surface area contributed by atoms with Gasteiger partial charge >= 0.3 is 0 Å². The molecule has 0 saturated carbocycles. The van der Waals surface area contributed by atoms with Crippen LogP contribution in [0.1, 0.15) is 51.3 Å². The lowest BCUT2D eigenvalue weighted by Crippen LogP contribution is -2.36. The van der Waals surface area contributed by atoms with E-state index in [2.05, 4.69) is 20.8 Å². The Labute approximate surface area is 161 Å². The summed E-state index contributed by atoms with van der Waals surface area (Å²) in [6, 6.07) is 10.7. The van der Waals surface area contributed by atoms with Crippen molar-refractivity contribution in [2.75, 3.05) is 12.4 Å². The molecule has 0 spiro atoms. The highest BCUT2D eigenvalue weighted by Gasteiger charge is 2.41. The van der Waals surface area contributed by atoms with E-state index in [1.54, 1.807) is 38.2 Å². The van der Waals surface area contributed by atoms with Gasteiger partial charge < -0.3 is 20.8 Å². The third kappa shape index (κ3) is 3.01. The number of benzene rings is 2. The minimum absolute atomic E-state index is 0.227. The average Bonchev–Trinajstić information content (AvgIpc) is 3.13. The summed E-state index contributed by atoms with van der Waals surface area (Å²) in [6.45, 7) is 1.70. The minimum atomic E-state index is -0.584. The van der Waals surface area contributed by atoms with Crippen molar-refractivity contribution in [2.45, 2.75) is 24.9 Å². The number of aryl methyl sites for hydroxylation is 1. The fourth-order valence-electron chi connectivity index (χ4n) is 3.73. The topological polar surface area (TPSA) is 106 Å². The number of amides is 1. The Morgan fingerprint density at radius 3 is 2.61 bits per heavy atom. The van der Waals surface area contributed by atoms with Crippen LogP contribution in [-0.4, -0.2) is 23.2 Å². The lowest BCUT2D eigenvalue weighted by atomic mass is 9.78. The fourth-order valence-corrected chi connectivity index (χ4v) is 3.73. The zero-order chi connectivity index (χ0) is 19.8. The standard InChI is InChI=1S/C20H20FN5O2/c1-10-25-26-20(28-10)16-17(22)15-13(19(27)23-2)4-3-5-14(15)24-18(16)11-6-8-12(21)9-7-11/h3-9,16-18,24H,22H2,1-2H3,(H,23,27). The molecule has 2 aromatic carbocycles. The SMILES string of the molecule is CNC(=O)c1cccc2c1C(N)C(c1nnc(C)o1)C(c1ccc(F)cc1)N2. The highest BCUT2D eigenvalue weighted by atomic mass is 19.1. The lowest BCUT2D eigenvalue weighted by molar-refractivity contribution is 0.0961. The smallest absolute Gasteiger partial charge is 0.251 e. The van der Waals surface area contributed by atoms with E-state index in [-0.39, 0.29) is 17.8 Å². The predicted octanol–water partition coefficient (Wildman–Crippen LogP) is 2.83. The number of fused-ring (bicyclic) bond motifs is 1. The van der Waals surface area contributed by atoms with Crippen LogP contribution in [-0.2, 0) is 0 Å². The molecule has 3 atom stereocenters. The number of hydrogen-bond acceptors (Lipinski definition) is 6. The number of nitrogens with zero attached hydrogens (tertiary/aromatic N) is 2. The molecule has 1 aromatic heterocycles. The quantitative estimate of drug-likeness (QED) is 0.644. The van der Waals surface area contributed by atoms with Crippen molar-refractivity contribution in [1.29, 1.82) is 0 Å². The molecule has 8 heteroatoms. The monoisotopic (exact) mass is 381 g/mol. The van der Waals surface area contributed by atoms with Crippen molar-refractivity contribution in [2.24, 2.45) is 5.73 Å². The van der Waals surface area contributed by atoms with Crippen LogP contribution in [0.15, 0.2) is 46.9 Å². The van der Waals surface area contributed by atoms with Gasteiger partial charge in [-0.25, -0.2) is 4.39 Å². The van der Waals surface area contributed by atoms with Crippen LogP contribution in [0.5, 0.6) is 0 Å². The van der Waals surface area contributed by atoms with Crippen LogP contribution < -0.4 is 16.4 Å². The number of halogens is 1. The molecular formula is C20H20FN5O2. The second-order valence-electron chi connectivity index (χ2n) is 6.73. The Kier molecular flexibility index (Phi) is 4.56. The Morgan fingerprint density at radius 1 is 1.21 bits per heavy atom. The van der Waals surface area contributed by atoms with Gasteiger partial charge in [0.25, 0.3) is 5.91 Å². The molecule has 0 fully saturated rings. The summed E-state index contributed by atoms with van der Waals surface area (Å²) >= 11 is 0. The maximum atomic E-state index is 13.4. The lowest BCUT2D eigenvalue weighted by Gasteiger charge is -2.38. The number of aromatic nitrogens is 2. The van der Waals surface area contributed by atoms with E-state index in [1.807, 2.05) is 6.07 Å². The van der Waals surface area contributed by atoms with E-state index in [4.69, 9.17) is 10.2 Å². The largest absolute Gasteiger partial charge is 0.425 e. The molecule has 0 aliphatic carbocycles. The van der Waals surface area contributed by atoms with E-state index in [1.165, 1.54) is 12.1 Å². The van der Waals surface area contributed by atoms with Gasteiger partial charge in [0.05, 0.1) is 12.0 Å². The Bertz CT molecular complexity index is 1020. The van der Waals surface area contributed by atoms with Crippen LogP contribution in [0.2, 0.25) is 0 Å². The van der Waals surface area contributed by atoms with Crippen LogP contribution in [0.25, 0.3) is 0 Å². The molecule has 0 saturated heterocycles. The molecule has 3 aromatic rings. The first-order chi connectivity index (χ1) is 13.5. The maximum absolute atomic E-state index is 13.4. The van der Waals surface area contributed by atoms with Crippen molar-refractivity contribution in [1.82, 2.24) is 15.5 Å². The summed E-state index contributed by atoms with van der Waals surface area (Å²) in [5.74, 6) is -0.203. The zero-order valence-electron chi connectivity index (χ0n) is 15.4. The molecule has 4 N–H and O–H groups in total. The molecular weight excluding hydrogens is 361 g/mol. The van der Waals surface area contributed by atoms with E-state index in [9.17, 15) is 9.18 Å². The highest BCUT2D eigenvalue weighted by molar-refractivity contribution is 5.97. The Hall–Kier alpha value is -3.26. The molecule has 0 radical (unpaired) electrons. The summed E-state index contributed by atoms with van der Waals surface area (Å²) in [6.07, 6.45) is 0. The van der Waals surface area contributed by atoms with Crippen LogP contribution in [0.3, 0.4) is 0 Å². The molecule has 7 nitrogen and oxygen atoms in total. The molecule has 1 aliphatic rings. The number of nitrogens with one attached hydrogen (secondary N) is 2. The van der Waals surface area contributed by atoms with Crippen molar-refractivity contribution in [3.05, 3.63) is 76.8 Å². The number of rotatable bonds is 3. The average molecular weight is 381 g/mol. The first-order valence-electron chi connectivity index (χ1n) is 8.92. The summed E-state index contributed by atoms with van der Waals surface area (Å²) in [5.41, 5.74) is 9.40. The summed E-state index contributed by atoms with van der Waals surface area (Å²) in [5, 5.41) is 14.2. The fraction of sp³-hybridized carbons (Fsp3) is 0.250. The first kappa shape index (κ1) is 18.1. The van der Waals surface area contributed by atoms with Gasteiger partial charge in [0, 0.05) is 36.8 Å². The van der Waals surface area contributed by atoms with Crippen molar-refractivity contribution in [3.8, 4) is 0 Å². The van der Waals surface area contributed by atoms with Gasteiger partial charge in [0.15, 0.2) is 0 Å². The van der Waals surface area contributed by atoms with Gasteiger partial charge in [-0.3, -0.25) is 4.79 Å². The van der Waals surface area contributed by atoms with Gasteiger partial charge in [-0.15, -0.1) is 10.2 Å². The van der Waals surface area contributed by atoms with Crippen LogP contribution in [0, 0.1) is 12.7 Å². The Morgan fingerprint density at radius 2 is 1.96 bits per heavy atom. The molecule has 0 bridgehead atoms. The molecule has 1 aliphatic heterocycles. The number of hydrogen-bond donors (Lipinski definition) is 3. The van der Waals surface area contributed by atoms with Crippen molar-refractivity contribution < 1.29 is 13.6 Å². The molecule has 3 unspecified atom stereocenters. The number of carbonyl (C=O) groups excluding carboxylic acids is 1. The van der Waals surface area contributed by atoms with Crippen LogP contribution >= 0.6 is 0 Å². The van der Waals surface area contributed by atoms with E-state index >= 15 is 0 Å². The van der Waals surface area contributed by atoms with Crippen molar-refractivity contribution in [3.63, 3.8) is 0 Å². The van der Waals surface area contributed by atoms with Gasteiger partial charge in [-0.2, -0.15) is 0 Å². The molecule has 144 valence electrons. The summed E-state index contributed by atoms with van der Waals surface area (Å²) in [4.78, 5) is 12.4. The van der Waals surface area contributed by atoms with E-state index < -0.39 is 12.0 Å². The molecule has 2 heterocycles. The molecule has 4 rings (SSSR count). The normalized spacial score (nSPS) is 20.9. The zero-order valence-corrected chi connectivity index (χ0v) is 15.4.